The van der Waals surface area contributed by atoms with E-state index < -0.39 is 0 Å². The number of hydrogen-bond donors (Lipinski definition) is 0. The third-order valence-electron chi connectivity index (χ3n) is 3.10. The number of carbonyl (C=O) groups excluding carboxylic acids is 1. The molecular weight excluding hydrogens is 266 g/mol. The largest absolute Gasteiger partial charge is 0.417 e. The number of carbonyl (C=O) groups is 1. The molecule has 0 atom stereocenters. The zero-order valence-electron chi connectivity index (χ0n) is 13.0. The van der Waals surface area contributed by atoms with Gasteiger partial charge in [0.2, 0.25) is 5.88 Å². The quantitative estimate of drug-likeness (QED) is 0.864. The molecule has 0 aliphatic rings. The highest BCUT2D eigenvalue weighted by atomic mass is 16.6. The highest BCUT2D eigenvalue weighted by Crippen LogP contribution is 2.18. The molecule has 0 N–H and O–H groups in total. The molecule has 112 valence electrons. The SMILES string of the molecule is CCCN(C(=O)Oc1ccc2ncccc2n1)C(C)(C)C. The summed E-state index contributed by atoms with van der Waals surface area (Å²) in [6.45, 7) is 8.65. The normalized spacial score (nSPS) is 11.4. The summed E-state index contributed by atoms with van der Waals surface area (Å²) in [4.78, 5) is 22.5. The minimum Gasteiger partial charge on any atom is -0.391 e. The fraction of sp³-hybridized carbons (Fsp3) is 0.438. The van der Waals surface area contributed by atoms with Crippen molar-refractivity contribution in [3.63, 3.8) is 0 Å². The summed E-state index contributed by atoms with van der Waals surface area (Å²) in [5.41, 5.74) is 1.20. The van der Waals surface area contributed by atoms with Crippen molar-refractivity contribution in [2.45, 2.75) is 39.7 Å². The van der Waals surface area contributed by atoms with Crippen molar-refractivity contribution in [3.8, 4) is 5.88 Å². The first-order chi connectivity index (χ1) is 9.91. The number of fused-ring (bicyclic) bond motifs is 1. The summed E-state index contributed by atoms with van der Waals surface area (Å²) in [6.07, 6.45) is 2.21. The highest BCUT2D eigenvalue weighted by molar-refractivity contribution is 5.76. The molecule has 5 heteroatoms. The van der Waals surface area contributed by atoms with Crippen LogP contribution in [0.1, 0.15) is 34.1 Å². The van der Waals surface area contributed by atoms with Gasteiger partial charge >= 0.3 is 6.09 Å². The highest BCUT2D eigenvalue weighted by Gasteiger charge is 2.27. The molecule has 5 nitrogen and oxygen atoms in total. The summed E-state index contributed by atoms with van der Waals surface area (Å²) >= 11 is 0. The molecule has 2 heterocycles. The van der Waals surface area contributed by atoms with E-state index in [9.17, 15) is 4.79 Å². The molecule has 0 aliphatic carbocycles. The molecule has 0 unspecified atom stereocenters. The summed E-state index contributed by atoms with van der Waals surface area (Å²) in [5, 5.41) is 0. The lowest BCUT2D eigenvalue weighted by molar-refractivity contribution is 0.105. The van der Waals surface area contributed by atoms with Crippen LogP contribution in [0.5, 0.6) is 5.88 Å². The Morgan fingerprint density at radius 3 is 2.67 bits per heavy atom. The lowest BCUT2D eigenvalue weighted by Gasteiger charge is -2.34. The van der Waals surface area contributed by atoms with Crippen LogP contribution in [0, 0.1) is 0 Å². The van der Waals surface area contributed by atoms with Crippen molar-refractivity contribution in [2.24, 2.45) is 0 Å². The number of ether oxygens (including phenoxy) is 1. The first-order valence-corrected chi connectivity index (χ1v) is 7.13. The van der Waals surface area contributed by atoms with E-state index >= 15 is 0 Å². The molecule has 2 aromatic rings. The Morgan fingerprint density at radius 1 is 1.24 bits per heavy atom. The molecular formula is C16H21N3O2. The Hall–Kier alpha value is -2.17. The molecule has 0 aromatic carbocycles. The van der Waals surface area contributed by atoms with Crippen molar-refractivity contribution in [1.29, 1.82) is 0 Å². The standard InChI is InChI=1S/C16H21N3O2/c1-5-11-19(16(2,3)4)15(20)21-14-9-8-12-13(18-14)7-6-10-17-12/h6-10H,5,11H2,1-4H3. The maximum atomic E-state index is 12.3. The first-order valence-electron chi connectivity index (χ1n) is 7.13. The van der Waals surface area contributed by atoms with Crippen LogP contribution in [0.15, 0.2) is 30.5 Å². The number of amides is 1. The monoisotopic (exact) mass is 287 g/mol. The minimum absolute atomic E-state index is 0.286. The van der Waals surface area contributed by atoms with Gasteiger partial charge in [-0.1, -0.05) is 6.92 Å². The third-order valence-corrected chi connectivity index (χ3v) is 3.10. The zero-order valence-corrected chi connectivity index (χ0v) is 13.0. The molecule has 0 saturated heterocycles. The predicted octanol–water partition coefficient (Wildman–Crippen LogP) is 3.64. The van der Waals surface area contributed by atoms with Gasteiger partial charge < -0.3 is 9.64 Å². The Kier molecular flexibility index (Phi) is 4.40. The molecule has 2 rings (SSSR count). The van der Waals surface area contributed by atoms with Gasteiger partial charge in [-0.05, 0) is 45.4 Å². The summed E-state index contributed by atoms with van der Waals surface area (Å²) in [5.74, 6) is 0.297. The second kappa shape index (κ2) is 6.08. The summed E-state index contributed by atoms with van der Waals surface area (Å²) in [6, 6.07) is 7.11. The Bertz CT molecular complexity index is 635. The van der Waals surface area contributed by atoms with Crippen molar-refractivity contribution < 1.29 is 9.53 Å². The van der Waals surface area contributed by atoms with Crippen molar-refractivity contribution in [2.75, 3.05) is 6.54 Å². The molecule has 0 radical (unpaired) electrons. The van der Waals surface area contributed by atoms with Crippen LogP contribution < -0.4 is 4.74 Å². The molecule has 0 saturated carbocycles. The third kappa shape index (κ3) is 3.68. The van der Waals surface area contributed by atoms with E-state index in [4.69, 9.17) is 4.74 Å². The maximum Gasteiger partial charge on any atom is 0.417 e. The van der Waals surface area contributed by atoms with E-state index in [1.54, 1.807) is 29.3 Å². The van der Waals surface area contributed by atoms with Gasteiger partial charge in [0, 0.05) is 24.3 Å². The van der Waals surface area contributed by atoms with Gasteiger partial charge in [-0.3, -0.25) is 4.98 Å². The fourth-order valence-electron chi connectivity index (χ4n) is 2.06. The number of aromatic nitrogens is 2. The van der Waals surface area contributed by atoms with Gasteiger partial charge in [-0.15, -0.1) is 0 Å². The molecule has 0 spiro atoms. The van der Waals surface area contributed by atoms with Crippen molar-refractivity contribution in [1.82, 2.24) is 14.9 Å². The second-order valence-corrected chi connectivity index (χ2v) is 5.88. The molecule has 0 bridgehead atoms. The van der Waals surface area contributed by atoms with E-state index in [0.717, 1.165) is 11.9 Å². The zero-order chi connectivity index (χ0) is 15.5. The fourth-order valence-corrected chi connectivity index (χ4v) is 2.06. The maximum absolute atomic E-state index is 12.3. The van der Waals surface area contributed by atoms with E-state index in [1.165, 1.54) is 0 Å². The van der Waals surface area contributed by atoms with Gasteiger partial charge in [-0.2, -0.15) is 0 Å². The van der Waals surface area contributed by atoms with Crippen LogP contribution in [0.2, 0.25) is 0 Å². The number of hydrogen-bond acceptors (Lipinski definition) is 4. The van der Waals surface area contributed by atoms with Gasteiger partial charge in [0.1, 0.15) is 0 Å². The van der Waals surface area contributed by atoms with Gasteiger partial charge in [-0.25, -0.2) is 9.78 Å². The topological polar surface area (TPSA) is 55.3 Å². The van der Waals surface area contributed by atoms with Gasteiger partial charge in [0.25, 0.3) is 0 Å². The number of nitrogens with zero attached hydrogens (tertiary/aromatic N) is 3. The molecule has 0 aliphatic heterocycles. The van der Waals surface area contributed by atoms with Gasteiger partial charge in [0.05, 0.1) is 11.0 Å². The predicted molar refractivity (Wildman–Crippen MR) is 82.3 cm³/mol. The average molecular weight is 287 g/mol. The Balaban J connectivity index is 2.19. The van der Waals surface area contributed by atoms with Gasteiger partial charge in [0.15, 0.2) is 0 Å². The van der Waals surface area contributed by atoms with Crippen LogP contribution in [0.25, 0.3) is 11.0 Å². The second-order valence-electron chi connectivity index (χ2n) is 5.88. The Morgan fingerprint density at radius 2 is 2.00 bits per heavy atom. The van der Waals surface area contributed by atoms with Crippen molar-refractivity contribution >= 4 is 17.1 Å². The number of rotatable bonds is 3. The molecule has 2 aromatic heterocycles. The van der Waals surface area contributed by atoms with Crippen LogP contribution in [0.3, 0.4) is 0 Å². The minimum atomic E-state index is -0.375. The molecule has 0 fully saturated rings. The van der Waals surface area contributed by atoms with E-state index in [2.05, 4.69) is 9.97 Å². The van der Waals surface area contributed by atoms with Crippen molar-refractivity contribution in [3.05, 3.63) is 30.5 Å². The Labute approximate surface area is 125 Å². The van der Waals surface area contributed by atoms with Crippen LogP contribution in [0.4, 0.5) is 4.79 Å². The summed E-state index contributed by atoms with van der Waals surface area (Å²) < 4.78 is 5.41. The van der Waals surface area contributed by atoms with E-state index in [1.807, 2.05) is 33.8 Å². The number of pyridine rings is 2. The lowest BCUT2D eigenvalue weighted by Crippen LogP contribution is -2.47. The average Bonchev–Trinajstić information content (AvgIpc) is 2.43. The molecule has 21 heavy (non-hydrogen) atoms. The smallest absolute Gasteiger partial charge is 0.391 e. The lowest BCUT2D eigenvalue weighted by atomic mass is 10.1. The summed E-state index contributed by atoms with van der Waals surface area (Å²) in [7, 11) is 0. The van der Waals surface area contributed by atoms with Crippen LogP contribution in [-0.2, 0) is 0 Å². The van der Waals surface area contributed by atoms with Crippen LogP contribution in [-0.4, -0.2) is 33.0 Å². The molecule has 1 amide bonds. The van der Waals surface area contributed by atoms with Crippen LogP contribution >= 0.6 is 0 Å². The van der Waals surface area contributed by atoms with E-state index in [-0.39, 0.29) is 11.6 Å². The van der Waals surface area contributed by atoms with E-state index in [0.29, 0.717) is 17.9 Å². The first kappa shape index (κ1) is 15.2.